The van der Waals surface area contributed by atoms with Gasteiger partial charge in [0.05, 0.1) is 23.3 Å². The van der Waals surface area contributed by atoms with Crippen LogP contribution < -0.4 is 10.6 Å². The maximum absolute atomic E-state index is 12.9. The number of alkyl halides is 3. The molecule has 0 radical (unpaired) electrons. The molecule has 3 heterocycles. The van der Waals surface area contributed by atoms with Crippen LogP contribution in [0, 0.1) is 13.8 Å². The van der Waals surface area contributed by atoms with E-state index in [9.17, 15) is 13.2 Å². The van der Waals surface area contributed by atoms with Gasteiger partial charge in [-0.2, -0.15) is 23.3 Å². The Morgan fingerprint density at radius 1 is 1.15 bits per heavy atom. The van der Waals surface area contributed by atoms with E-state index in [0.717, 1.165) is 17.4 Å². The Kier molecular flexibility index (Phi) is 4.49. The third-order valence-electron chi connectivity index (χ3n) is 3.71. The maximum Gasteiger partial charge on any atom is 0.421 e. The summed E-state index contributed by atoms with van der Waals surface area (Å²) in [7, 11) is 1.37. The topological polar surface area (TPSA) is 80.5 Å². The highest BCUT2D eigenvalue weighted by Crippen LogP contribution is 2.34. The quantitative estimate of drug-likeness (QED) is 0.739. The average molecular weight is 363 g/mol. The first-order valence-corrected chi connectivity index (χ1v) is 7.66. The first-order chi connectivity index (χ1) is 12.3. The lowest BCUT2D eigenvalue weighted by Gasteiger charge is -2.12. The van der Waals surface area contributed by atoms with E-state index in [4.69, 9.17) is 0 Å². The minimum Gasteiger partial charge on any atom is -0.372 e. The number of pyridine rings is 1. The molecule has 3 aromatic heterocycles. The van der Waals surface area contributed by atoms with Crippen LogP contribution in [0.2, 0.25) is 0 Å². The Labute approximate surface area is 147 Å². The molecular weight excluding hydrogens is 347 g/mol. The number of hydrogen-bond donors (Lipinski definition) is 2. The zero-order valence-corrected chi connectivity index (χ0v) is 14.3. The summed E-state index contributed by atoms with van der Waals surface area (Å²) in [5.74, 6) is -0.263. The van der Waals surface area contributed by atoms with E-state index in [-0.39, 0.29) is 11.8 Å². The lowest BCUT2D eigenvalue weighted by molar-refractivity contribution is -0.137. The maximum atomic E-state index is 12.9. The van der Waals surface area contributed by atoms with Gasteiger partial charge in [0.1, 0.15) is 11.4 Å². The van der Waals surface area contributed by atoms with Gasteiger partial charge in [0.15, 0.2) is 0 Å². The largest absolute Gasteiger partial charge is 0.421 e. The number of nitrogens with zero attached hydrogens (tertiary/aromatic N) is 5. The number of aromatic nitrogens is 5. The summed E-state index contributed by atoms with van der Waals surface area (Å²) >= 11 is 0. The fourth-order valence-corrected chi connectivity index (χ4v) is 2.39. The Bertz CT molecular complexity index is 934. The van der Waals surface area contributed by atoms with Crippen molar-refractivity contribution in [1.82, 2.24) is 24.7 Å². The molecule has 3 aromatic rings. The molecule has 0 saturated carbocycles. The monoisotopic (exact) mass is 363 g/mol. The number of halogens is 3. The molecule has 3 rings (SSSR count). The Hall–Kier alpha value is -3.17. The summed E-state index contributed by atoms with van der Waals surface area (Å²) < 4.78 is 40.4. The second-order valence-electron chi connectivity index (χ2n) is 5.56. The fraction of sp³-hybridized carbons (Fsp3) is 0.250. The molecule has 136 valence electrons. The molecule has 0 aliphatic heterocycles. The van der Waals surface area contributed by atoms with Crippen molar-refractivity contribution in [3.8, 4) is 5.69 Å². The van der Waals surface area contributed by atoms with Crippen LogP contribution in [-0.4, -0.2) is 31.8 Å². The first kappa shape index (κ1) is 17.6. The van der Waals surface area contributed by atoms with E-state index in [0.29, 0.717) is 11.4 Å². The van der Waals surface area contributed by atoms with E-state index in [1.165, 1.54) is 7.05 Å². The van der Waals surface area contributed by atoms with Crippen LogP contribution in [0.15, 0.2) is 30.9 Å². The van der Waals surface area contributed by atoms with E-state index < -0.39 is 11.7 Å². The third kappa shape index (κ3) is 3.44. The SMILES string of the molecule is CNc1nc(Nc2cn(-c3ccncc3C)nc2C)ncc1C(F)(F)F. The smallest absolute Gasteiger partial charge is 0.372 e. The summed E-state index contributed by atoms with van der Waals surface area (Å²) in [6.45, 7) is 3.68. The van der Waals surface area contributed by atoms with E-state index in [2.05, 4.69) is 30.7 Å². The van der Waals surface area contributed by atoms with Gasteiger partial charge in [0, 0.05) is 25.6 Å². The van der Waals surface area contributed by atoms with E-state index in [1.807, 2.05) is 13.0 Å². The molecule has 0 aromatic carbocycles. The predicted molar refractivity (Wildman–Crippen MR) is 90.7 cm³/mol. The van der Waals surface area contributed by atoms with Crippen molar-refractivity contribution in [1.29, 1.82) is 0 Å². The van der Waals surface area contributed by atoms with Gasteiger partial charge in [-0.15, -0.1) is 0 Å². The average Bonchev–Trinajstić information content (AvgIpc) is 2.94. The van der Waals surface area contributed by atoms with Gasteiger partial charge in [0.2, 0.25) is 5.95 Å². The van der Waals surface area contributed by atoms with Crippen LogP contribution in [0.5, 0.6) is 0 Å². The summed E-state index contributed by atoms with van der Waals surface area (Å²) in [6, 6.07) is 1.82. The third-order valence-corrected chi connectivity index (χ3v) is 3.71. The molecule has 0 aliphatic carbocycles. The fourth-order valence-electron chi connectivity index (χ4n) is 2.39. The minimum atomic E-state index is -4.53. The summed E-state index contributed by atoms with van der Waals surface area (Å²) in [5, 5.41) is 9.76. The molecule has 0 atom stereocenters. The van der Waals surface area contributed by atoms with Gasteiger partial charge in [0.25, 0.3) is 0 Å². The van der Waals surface area contributed by atoms with Gasteiger partial charge >= 0.3 is 6.18 Å². The number of rotatable bonds is 4. The minimum absolute atomic E-state index is 0.0384. The van der Waals surface area contributed by atoms with Crippen LogP contribution in [0.25, 0.3) is 5.69 Å². The summed E-state index contributed by atoms with van der Waals surface area (Å²) in [5.41, 5.74) is 2.09. The molecule has 0 fully saturated rings. The van der Waals surface area contributed by atoms with Crippen LogP contribution in [-0.2, 0) is 6.18 Å². The molecule has 0 aliphatic rings. The number of nitrogens with one attached hydrogen (secondary N) is 2. The van der Waals surface area contributed by atoms with E-state index >= 15 is 0 Å². The first-order valence-electron chi connectivity index (χ1n) is 7.66. The Morgan fingerprint density at radius 2 is 1.92 bits per heavy atom. The number of hydrogen-bond acceptors (Lipinski definition) is 6. The van der Waals surface area contributed by atoms with Crippen molar-refractivity contribution in [3.05, 3.63) is 47.7 Å². The van der Waals surface area contributed by atoms with Crippen molar-refractivity contribution in [2.75, 3.05) is 17.7 Å². The van der Waals surface area contributed by atoms with Gasteiger partial charge in [-0.25, -0.2) is 9.67 Å². The van der Waals surface area contributed by atoms with Crippen molar-refractivity contribution in [3.63, 3.8) is 0 Å². The van der Waals surface area contributed by atoms with Crippen LogP contribution >= 0.6 is 0 Å². The normalized spacial score (nSPS) is 11.5. The molecule has 0 saturated heterocycles. The van der Waals surface area contributed by atoms with Gasteiger partial charge < -0.3 is 10.6 Å². The molecular formula is C16H16F3N7. The lowest BCUT2D eigenvalue weighted by Crippen LogP contribution is -2.12. The summed E-state index contributed by atoms with van der Waals surface area (Å²) in [6.07, 6.45) is 1.31. The van der Waals surface area contributed by atoms with Crippen molar-refractivity contribution in [2.24, 2.45) is 0 Å². The predicted octanol–water partition coefficient (Wildman–Crippen LogP) is 3.48. The van der Waals surface area contributed by atoms with Gasteiger partial charge in [-0.3, -0.25) is 4.98 Å². The second-order valence-corrected chi connectivity index (χ2v) is 5.56. The molecule has 26 heavy (non-hydrogen) atoms. The standard InChI is InChI=1S/C16H16F3N7/c1-9-6-21-5-4-13(9)26-8-12(10(2)25-26)23-15-22-7-11(16(17,18)19)14(20-3)24-15/h4-8H,1-3H3,(H2,20,22,23,24). The molecule has 10 heteroatoms. The van der Waals surface area contributed by atoms with Gasteiger partial charge in [-0.05, 0) is 25.5 Å². The Morgan fingerprint density at radius 3 is 2.58 bits per heavy atom. The number of aryl methyl sites for hydroxylation is 2. The zero-order chi connectivity index (χ0) is 18.9. The number of anilines is 3. The van der Waals surface area contributed by atoms with Crippen molar-refractivity contribution in [2.45, 2.75) is 20.0 Å². The van der Waals surface area contributed by atoms with E-state index in [1.54, 1.807) is 30.2 Å². The molecule has 0 unspecified atom stereocenters. The highest BCUT2D eigenvalue weighted by atomic mass is 19.4. The Balaban J connectivity index is 1.92. The van der Waals surface area contributed by atoms with Crippen LogP contribution in [0.4, 0.5) is 30.6 Å². The summed E-state index contributed by atoms with van der Waals surface area (Å²) in [4.78, 5) is 11.7. The van der Waals surface area contributed by atoms with Gasteiger partial charge in [-0.1, -0.05) is 0 Å². The highest BCUT2D eigenvalue weighted by Gasteiger charge is 2.35. The van der Waals surface area contributed by atoms with Crippen molar-refractivity contribution >= 4 is 17.5 Å². The lowest BCUT2D eigenvalue weighted by atomic mass is 10.2. The molecule has 0 spiro atoms. The molecule has 0 bridgehead atoms. The highest BCUT2D eigenvalue weighted by molar-refractivity contribution is 5.59. The molecule has 7 nitrogen and oxygen atoms in total. The molecule has 0 amide bonds. The van der Waals surface area contributed by atoms with Crippen LogP contribution in [0.1, 0.15) is 16.8 Å². The van der Waals surface area contributed by atoms with Crippen LogP contribution in [0.3, 0.4) is 0 Å². The second kappa shape index (κ2) is 6.62. The zero-order valence-electron chi connectivity index (χ0n) is 14.3. The van der Waals surface area contributed by atoms with Crippen molar-refractivity contribution < 1.29 is 13.2 Å². The molecule has 2 N–H and O–H groups in total.